The molecule has 0 aliphatic rings. The highest BCUT2D eigenvalue weighted by Gasteiger charge is 2.21. The molecule has 3 aromatic rings. The first-order valence-corrected chi connectivity index (χ1v) is 9.96. The van der Waals surface area contributed by atoms with Gasteiger partial charge in [0.2, 0.25) is 11.8 Å². The molecule has 0 aliphatic heterocycles. The van der Waals surface area contributed by atoms with Gasteiger partial charge in [-0.2, -0.15) is 5.26 Å². The highest BCUT2D eigenvalue weighted by Crippen LogP contribution is 2.36. The summed E-state index contributed by atoms with van der Waals surface area (Å²) < 4.78 is 10.8. The standard InChI is InChI=1S/C21H20N4O3S/c1-5-27-21(26)17-10-16(11-22)20(23-13(17)3)29-14(4)18-24-25-19(28-18)15-8-6-12(2)7-9-15/h6-10,14H,5H2,1-4H3/t14-/m0/s1. The van der Waals surface area contributed by atoms with Crippen molar-refractivity contribution in [1.29, 1.82) is 5.26 Å². The Bertz CT molecular complexity index is 1070. The molecule has 2 aromatic heterocycles. The Morgan fingerprint density at radius 3 is 2.66 bits per heavy atom. The third-order valence-electron chi connectivity index (χ3n) is 4.17. The van der Waals surface area contributed by atoms with Crippen molar-refractivity contribution >= 4 is 17.7 Å². The van der Waals surface area contributed by atoms with Crippen molar-refractivity contribution in [2.75, 3.05) is 6.61 Å². The van der Waals surface area contributed by atoms with Crippen LogP contribution in [0.25, 0.3) is 11.5 Å². The molecule has 0 saturated heterocycles. The first kappa shape index (κ1) is 20.6. The number of hydrogen-bond donors (Lipinski definition) is 0. The van der Waals surface area contributed by atoms with Crippen LogP contribution in [0.4, 0.5) is 0 Å². The first-order valence-electron chi connectivity index (χ1n) is 9.08. The summed E-state index contributed by atoms with van der Waals surface area (Å²) in [7, 11) is 0. The van der Waals surface area contributed by atoms with Crippen molar-refractivity contribution in [3.8, 4) is 17.5 Å². The molecule has 8 heteroatoms. The minimum atomic E-state index is -0.488. The lowest BCUT2D eigenvalue weighted by atomic mass is 10.1. The first-order chi connectivity index (χ1) is 13.9. The van der Waals surface area contributed by atoms with Gasteiger partial charge in [-0.25, -0.2) is 9.78 Å². The van der Waals surface area contributed by atoms with Gasteiger partial charge in [-0.15, -0.1) is 10.2 Å². The molecular weight excluding hydrogens is 388 g/mol. The molecule has 7 nitrogen and oxygen atoms in total. The number of aromatic nitrogens is 3. The molecule has 0 spiro atoms. The Labute approximate surface area is 173 Å². The van der Waals surface area contributed by atoms with Gasteiger partial charge in [0.1, 0.15) is 11.1 Å². The molecule has 3 rings (SSSR count). The Balaban J connectivity index is 1.83. The number of carbonyl (C=O) groups excluding carboxylic acids is 1. The van der Waals surface area contributed by atoms with E-state index in [1.807, 2.05) is 38.1 Å². The molecule has 0 bridgehead atoms. The van der Waals surface area contributed by atoms with Gasteiger partial charge < -0.3 is 9.15 Å². The van der Waals surface area contributed by atoms with Gasteiger partial charge >= 0.3 is 5.97 Å². The van der Waals surface area contributed by atoms with Crippen LogP contribution in [0.15, 0.2) is 39.8 Å². The van der Waals surface area contributed by atoms with Crippen LogP contribution < -0.4 is 0 Å². The second-order valence-electron chi connectivity index (χ2n) is 6.38. The zero-order valence-corrected chi connectivity index (χ0v) is 17.4. The summed E-state index contributed by atoms with van der Waals surface area (Å²) in [5, 5.41) is 18.0. The lowest BCUT2D eigenvalue weighted by Crippen LogP contribution is -2.09. The topological polar surface area (TPSA) is 102 Å². The maximum Gasteiger partial charge on any atom is 0.340 e. The molecule has 0 unspecified atom stereocenters. The van der Waals surface area contributed by atoms with Crippen molar-refractivity contribution < 1.29 is 13.9 Å². The maximum absolute atomic E-state index is 12.0. The van der Waals surface area contributed by atoms with E-state index >= 15 is 0 Å². The van der Waals surface area contributed by atoms with Crippen LogP contribution in [0.3, 0.4) is 0 Å². The Kier molecular flexibility index (Phi) is 6.29. The van der Waals surface area contributed by atoms with Crippen molar-refractivity contribution in [2.24, 2.45) is 0 Å². The zero-order chi connectivity index (χ0) is 21.0. The smallest absolute Gasteiger partial charge is 0.340 e. The number of nitrogens with zero attached hydrogens (tertiary/aromatic N) is 4. The minimum absolute atomic E-state index is 0.228. The van der Waals surface area contributed by atoms with Crippen LogP contribution in [-0.2, 0) is 4.74 Å². The molecule has 1 atom stereocenters. The number of pyridine rings is 1. The van der Waals surface area contributed by atoms with E-state index in [9.17, 15) is 10.1 Å². The third-order valence-corrected chi connectivity index (χ3v) is 5.26. The largest absolute Gasteiger partial charge is 0.462 e. The molecule has 0 fully saturated rings. The van der Waals surface area contributed by atoms with E-state index in [1.165, 1.54) is 17.8 Å². The highest BCUT2D eigenvalue weighted by atomic mass is 32.2. The van der Waals surface area contributed by atoms with Gasteiger partial charge in [-0.3, -0.25) is 0 Å². The van der Waals surface area contributed by atoms with Crippen LogP contribution in [-0.4, -0.2) is 27.8 Å². The fourth-order valence-corrected chi connectivity index (χ4v) is 3.55. The summed E-state index contributed by atoms with van der Waals surface area (Å²) in [6.45, 7) is 7.61. The fraction of sp³-hybridized carbons (Fsp3) is 0.286. The van der Waals surface area contributed by atoms with Gasteiger partial charge in [0.15, 0.2) is 0 Å². The Morgan fingerprint density at radius 2 is 2.00 bits per heavy atom. The number of rotatable bonds is 6. The number of benzene rings is 1. The maximum atomic E-state index is 12.0. The van der Waals surface area contributed by atoms with Crippen LogP contribution in [0.2, 0.25) is 0 Å². The zero-order valence-electron chi connectivity index (χ0n) is 16.6. The highest BCUT2D eigenvalue weighted by molar-refractivity contribution is 7.99. The monoisotopic (exact) mass is 408 g/mol. The second-order valence-corrected chi connectivity index (χ2v) is 7.71. The Morgan fingerprint density at radius 1 is 1.28 bits per heavy atom. The van der Waals surface area contributed by atoms with Crippen LogP contribution in [0.5, 0.6) is 0 Å². The third kappa shape index (κ3) is 4.63. The van der Waals surface area contributed by atoms with Crippen LogP contribution >= 0.6 is 11.8 Å². The molecule has 0 radical (unpaired) electrons. The molecule has 29 heavy (non-hydrogen) atoms. The van der Waals surface area contributed by atoms with Crippen molar-refractivity contribution in [2.45, 2.75) is 38.0 Å². The summed E-state index contributed by atoms with van der Waals surface area (Å²) in [4.78, 5) is 16.5. The van der Waals surface area contributed by atoms with Crippen LogP contribution in [0.1, 0.15) is 52.2 Å². The number of thioether (sulfide) groups is 1. The number of esters is 1. The Hall–Kier alpha value is -3.18. The van der Waals surface area contributed by atoms with Gasteiger partial charge in [-0.1, -0.05) is 29.5 Å². The summed E-state index contributed by atoms with van der Waals surface area (Å²) >= 11 is 1.32. The van der Waals surface area contributed by atoms with E-state index in [0.29, 0.717) is 33.6 Å². The van der Waals surface area contributed by atoms with Crippen molar-refractivity contribution in [1.82, 2.24) is 15.2 Å². The van der Waals surface area contributed by atoms with Crippen molar-refractivity contribution in [3.05, 3.63) is 58.6 Å². The fourth-order valence-electron chi connectivity index (χ4n) is 2.60. The van der Waals surface area contributed by atoms with Crippen LogP contribution in [0, 0.1) is 25.2 Å². The average molecular weight is 408 g/mol. The van der Waals surface area contributed by atoms with Crippen molar-refractivity contribution in [3.63, 3.8) is 0 Å². The molecule has 2 heterocycles. The van der Waals surface area contributed by atoms with E-state index in [0.717, 1.165) is 11.1 Å². The molecule has 1 aromatic carbocycles. The molecule has 0 aliphatic carbocycles. The van der Waals surface area contributed by atoms with Gasteiger partial charge in [0.05, 0.1) is 28.7 Å². The molecule has 0 amide bonds. The number of nitriles is 1. The summed E-state index contributed by atoms with van der Waals surface area (Å²) in [6, 6.07) is 11.4. The SMILES string of the molecule is CCOC(=O)c1cc(C#N)c(S[C@@H](C)c2nnc(-c3ccc(C)cc3)o2)nc1C. The molecule has 0 saturated carbocycles. The predicted octanol–water partition coefficient (Wildman–Crippen LogP) is 4.65. The number of ether oxygens (including phenoxy) is 1. The van der Waals surface area contributed by atoms with Gasteiger partial charge in [0, 0.05) is 5.56 Å². The van der Waals surface area contributed by atoms with E-state index in [4.69, 9.17) is 9.15 Å². The summed E-state index contributed by atoms with van der Waals surface area (Å²) in [5.41, 5.74) is 3.09. The normalized spacial score (nSPS) is 11.7. The van der Waals surface area contributed by atoms with Gasteiger partial charge in [0.25, 0.3) is 0 Å². The molecule has 0 N–H and O–H groups in total. The number of carbonyl (C=O) groups is 1. The summed E-state index contributed by atoms with van der Waals surface area (Å²) in [5.74, 6) is 0.386. The van der Waals surface area contributed by atoms with E-state index in [-0.39, 0.29) is 11.9 Å². The predicted molar refractivity (Wildman–Crippen MR) is 108 cm³/mol. The number of hydrogen-bond acceptors (Lipinski definition) is 8. The van der Waals surface area contributed by atoms with E-state index in [2.05, 4.69) is 21.3 Å². The summed E-state index contributed by atoms with van der Waals surface area (Å²) in [6.07, 6.45) is 0. The number of aryl methyl sites for hydroxylation is 2. The minimum Gasteiger partial charge on any atom is -0.462 e. The van der Waals surface area contributed by atoms with Gasteiger partial charge in [-0.05, 0) is 45.9 Å². The lowest BCUT2D eigenvalue weighted by Gasteiger charge is -2.11. The lowest BCUT2D eigenvalue weighted by molar-refractivity contribution is 0.0524. The molecular formula is C21H20N4O3S. The second kappa shape index (κ2) is 8.88. The quantitative estimate of drug-likeness (QED) is 0.429. The van der Waals surface area contributed by atoms with E-state index in [1.54, 1.807) is 13.8 Å². The molecule has 148 valence electrons. The van der Waals surface area contributed by atoms with E-state index < -0.39 is 5.97 Å². The average Bonchev–Trinajstić information content (AvgIpc) is 3.19.